The summed E-state index contributed by atoms with van der Waals surface area (Å²) in [6.45, 7) is 0.241. The van der Waals surface area contributed by atoms with Crippen molar-refractivity contribution in [3.8, 4) is 0 Å². The van der Waals surface area contributed by atoms with Gasteiger partial charge in [-0.25, -0.2) is 4.79 Å². The van der Waals surface area contributed by atoms with E-state index in [0.717, 1.165) is 12.8 Å². The van der Waals surface area contributed by atoms with Gasteiger partial charge in [-0.1, -0.05) is 6.07 Å². The Hall–Kier alpha value is -2.41. The Bertz CT molecular complexity index is 671. The molecule has 2 fully saturated rings. The number of ether oxygens (including phenoxy) is 1. The highest BCUT2D eigenvalue weighted by Gasteiger charge is 2.40. The molecule has 1 aliphatic heterocycles. The molecule has 3 rings (SSSR count). The van der Waals surface area contributed by atoms with Crippen LogP contribution in [0.4, 0.5) is 5.69 Å². The number of benzene rings is 1. The van der Waals surface area contributed by atoms with E-state index in [1.165, 1.54) is 12.0 Å². The third-order valence-corrected chi connectivity index (χ3v) is 4.47. The number of carbonyl (C=O) groups is 3. The number of likely N-dealkylation sites (tertiary alicyclic amines) is 1. The van der Waals surface area contributed by atoms with Crippen LogP contribution in [0, 0.1) is 5.92 Å². The maximum absolute atomic E-state index is 12.7. The summed E-state index contributed by atoms with van der Waals surface area (Å²) >= 11 is 0. The van der Waals surface area contributed by atoms with Crippen LogP contribution in [-0.2, 0) is 14.3 Å². The molecule has 1 aromatic carbocycles. The lowest BCUT2D eigenvalue weighted by molar-refractivity contribution is -0.141. The molecule has 1 saturated heterocycles. The average molecular weight is 332 g/mol. The van der Waals surface area contributed by atoms with Gasteiger partial charge in [-0.05, 0) is 31.0 Å². The van der Waals surface area contributed by atoms with Gasteiger partial charge in [0, 0.05) is 37.2 Å². The number of anilines is 1. The van der Waals surface area contributed by atoms with Gasteiger partial charge in [0.2, 0.25) is 5.91 Å². The summed E-state index contributed by atoms with van der Waals surface area (Å²) in [6.07, 6.45) is 1.79. The summed E-state index contributed by atoms with van der Waals surface area (Å²) < 4.78 is 5.20. The molecule has 7 heteroatoms. The minimum Gasteiger partial charge on any atom is -0.480 e. The van der Waals surface area contributed by atoms with E-state index < -0.39 is 12.0 Å². The van der Waals surface area contributed by atoms with Crippen molar-refractivity contribution in [3.63, 3.8) is 0 Å². The summed E-state index contributed by atoms with van der Waals surface area (Å²) in [5.74, 6) is -1.38. The molecule has 2 amide bonds. The fourth-order valence-corrected chi connectivity index (χ4v) is 2.91. The number of methoxy groups -OCH3 is 1. The van der Waals surface area contributed by atoms with Crippen molar-refractivity contribution in [3.05, 3.63) is 29.8 Å². The van der Waals surface area contributed by atoms with Crippen molar-refractivity contribution in [2.75, 3.05) is 19.0 Å². The van der Waals surface area contributed by atoms with E-state index in [1.54, 1.807) is 24.3 Å². The monoisotopic (exact) mass is 332 g/mol. The van der Waals surface area contributed by atoms with Crippen molar-refractivity contribution in [1.82, 2.24) is 4.90 Å². The van der Waals surface area contributed by atoms with Crippen LogP contribution in [0.15, 0.2) is 24.3 Å². The Morgan fingerprint density at radius 3 is 2.67 bits per heavy atom. The molecule has 24 heavy (non-hydrogen) atoms. The Morgan fingerprint density at radius 2 is 2.04 bits per heavy atom. The van der Waals surface area contributed by atoms with Crippen LogP contribution in [-0.4, -0.2) is 53.6 Å². The van der Waals surface area contributed by atoms with E-state index >= 15 is 0 Å². The molecule has 0 radical (unpaired) electrons. The van der Waals surface area contributed by atoms with E-state index in [4.69, 9.17) is 4.74 Å². The van der Waals surface area contributed by atoms with Gasteiger partial charge in [0.25, 0.3) is 5.91 Å². The zero-order valence-electron chi connectivity index (χ0n) is 13.4. The van der Waals surface area contributed by atoms with Gasteiger partial charge in [-0.15, -0.1) is 0 Å². The average Bonchev–Trinajstić information content (AvgIpc) is 3.33. The number of aliphatic carboxylic acids is 1. The number of carbonyl (C=O) groups excluding carboxylic acids is 2. The quantitative estimate of drug-likeness (QED) is 0.848. The lowest BCUT2D eigenvalue weighted by atomic mass is 10.1. The number of nitrogens with one attached hydrogen (secondary N) is 1. The molecule has 0 bridgehead atoms. The third kappa shape index (κ3) is 3.41. The maximum Gasteiger partial charge on any atom is 0.326 e. The predicted octanol–water partition coefficient (Wildman–Crippen LogP) is 1.35. The van der Waals surface area contributed by atoms with Crippen LogP contribution in [0.25, 0.3) is 0 Å². The molecule has 2 unspecified atom stereocenters. The van der Waals surface area contributed by atoms with E-state index in [0.29, 0.717) is 11.3 Å². The van der Waals surface area contributed by atoms with Gasteiger partial charge < -0.3 is 20.1 Å². The molecule has 128 valence electrons. The fraction of sp³-hybridized carbons (Fsp3) is 0.471. The lowest BCUT2D eigenvalue weighted by Crippen LogP contribution is -2.40. The van der Waals surface area contributed by atoms with Gasteiger partial charge >= 0.3 is 5.97 Å². The van der Waals surface area contributed by atoms with Crippen LogP contribution in [0.5, 0.6) is 0 Å². The number of amides is 2. The molecule has 7 nitrogen and oxygen atoms in total. The Kier molecular flexibility index (Phi) is 4.53. The third-order valence-electron chi connectivity index (χ3n) is 4.47. The summed E-state index contributed by atoms with van der Waals surface area (Å²) in [5, 5.41) is 12.1. The first-order valence-corrected chi connectivity index (χ1v) is 7.97. The second-order valence-electron chi connectivity index (χ2n) is 6.25. The Balaban J connectivity index is 1.76. The first-order valence-electron chi connectivity index (χ1n) is 7.97. The molecule has 1 aliphatic carbocycles. The Labute approximate surface area is 139 Å². The van der Waals surface area contributed by atoms with E-state index in [2.05, 4.69) is 5.32 Å². The van der Waals surface area contributed by atoms with Crippen molar-refractivity contribution in [1.29, 1.82) is 0 Å². The van der Waals surface area contributed by atoms with Gasteiger partial charge in [-0.2, -0.15) is 0 Å². The van der Waals surface area contributed by atoms with Crippen LogP contribution in [0.3, 0.4) is 0 Å². The predicted molar refractivity (Wildman–Crippen MR) is 85.7 cm³/mol. The summed E-state index contributed by atoms with van der Waals surface area (Å²) in [7, 11) is 1.51. The van der Waals surface area contributed by atoms with Gasteiger partial charge in [0.15, 0.2) is 0 Å². The molecular formula is C17H20N2O5. The van der Waals surface area contributed by atoms with Crippen LogP contribution in [0.1, 0.15) is 29.6 Å². The molecular weight excluding hydrogens is 312 g/mol. The summed E-state index contributed by atoms with van der Waals surface area (Å²) in [4.78, 5) is 37.3. The van der Waals surface area contributed by atoms with E-state index in [9.17, 15) is 19.5 Å². The smallest absolute Gasteiger partial charge is 0.326 e. The molecule has 1 saturated carbocycles. The van der Waals surface area contributed by atoms with Gasteiger partial charge in [0.1, 0.15) is 6.04 Å². The largest absolute Gasteiger partial charge is 0.480 e. The normalized spacial score (nSPS) is 23.1. The molecule has 1 heterocycles. The van der Waals surface area contributed by atoms with Crippen LogP contribution >= 0.6 is 0 Å². The fourth-order valence-electron chi connectivity index (χ4n) is 2.91. The minimum absolute atomic E-state index is 0.0383. The number of nitrogens with zero attached hydrogens (tertiary/aromatic N) is 1. The lowest BCUT2D eigenvalue weighted by Gasteiger charge is -2.21. The van der Waals surface area contributed by atoms with E-state index in [-0.39, 0.29) is 36.8 Å². The zero-order valence-corrected chi connectivity index (χ0v) is 13.4. The number of carboxylic acid groups (broad SMARTS) is 1. The van der Waals surface area contributed by atoms with E-state index in [1.807, 2.05) is 0 Å². The number of rotatable bonds is 5. The molecule has 2 aliphatic rings. The minimum atomic E-state index is -1.04. The van der Waals surface area contributed by atoms with Crippen molar-refractivity contribution in [2.24, 2.45) is 5.92 Å². The second-order valence-corrected chi connectivity index (χ2v) is 6.25. The molecule has 0 spiro atoms. The second kappa shape index (κ2) is 6.60. The highest BCUT2D eigenvalue weighted by atomic mass is 16.5. The number of carboxylic acids is 1. The van der Waals surface area contributed by atoms with Crippen LogP contribution in [0.2, 0.25) is 0 Å². The SMILES string of the molecule is COC1CC(C(=O)O)N(C(=O)c2cccc(NC(=O)C3CC3)c2)C1. The van der Waals surface area contributed by atoms with Crippen molar-refractivity contribution >= 4 is 23.5 Å². The van der Waals surface area contributed by atoms with Gasteiger partial charge in [-0.3, -0.25) is 9.59 Å². The highest BCUT2D eigenvalue weighted by molar-refractivity contribution is 5.99. The number of hydrogen-bond acceptors (Lipinski definition) is 4. The molecule has 2 N–H and O–H groups in total. The first kappa shape index (κ1) is 16.4. The molecule has 2 atom stereocenters. The number of hydrogen-bond donors (Lipinski definition) is 2. The van der Waals surface area contributed by atoms with Crippen molar-refractivity contribution in [2.45, 2.75) is 31.4 Å². The summed E-state index contributed by atoms with van der Waals surface area (Å²) in [6, 6.07) is 5.70. The Morgan fingerprint density at radius 1 is 1.29 bits per heavy atom. The topological polar surface area (TPSA) is 95.9 Å². The molecule has 1 aromatic rings. The zero-order chi connectivity index (χ0) is 17.3. The maximum atomic E-state index is 12.7. The van der Waals surface area contributed by atoms with Gasteiger partial charge in [0.05, 0.1) is 6.10 Å². The standard InChI is InChI=1S/C17H20N2O5/c1-24-13-8-14(17(22)23)19(9-13)16(21)11-3-2-4-12(7-11)18-15(20)10-5-6-10/h2-4,7,10,13-14H,5-6,8-9H2,1H3,(H,18,20)(H,22,23). The first-order chi connectivity index (χ1) is 11.5. The van der Waals surface area contributed by atoms with Crippen LogP contribution < -0.4 is 5.32 Å². The highest BCUT2D eigenvalue weighted by Crippen LogP contribution is 2.30. The van der Waals surface area contributed by atoms with Crippen molar-refractivity contribution < 1.29 is 24.2 Å². The summed E-state index contributed by atoms with van der Waals surface area (Å²) in [5.41, 5.74) is 0.902. The molecule has 0 aromatic heterocycles.